The van der Waals surface area contributed by atoms with Crippen LogP contribution in [0, 0.1) is 0 Å². The lowest BCUT2D eigenvalue weighted by Crippen LogP contribution is -2.43. The Morgan fingerprint density at radius 1 is 1.53 bits per heavy atom. The van der Waals surface area contributed by atoms with Crippen LogP contribution >= 0.6 is 0 Å². The summed E-state index contributed by atoms with van der Waals surface area (Å²) in [7, 11) is 0. The van der Waals surface area contributed by atoms with E-state index in [-0.39, 0.29) is 12.5 Å². The third kappa shape index (κ3) is 5.28. The second-order valence-electron chi connectivity index (χ2n) is 4.49. The van der Waals surface area contributed by atoms with Crippen molar-refractivity contribution in [3.05, 3.63) is 29.8 Å². The number of aliphatic hydroxyl groups excluding tert-OH is 1. The van der Waals surface area contributed by atoms with E-state index in [1.807, 2.05) is 13.0 Å². The average molecular weight is 266 g/mol. The second kappa shape index (κ2) is 7.76. The summed E-state index contributed by atoms with van der Waals surface area (Å²) in [6.07, 6.45) is 0.263. The van der Waals surface area contributed by atoms with Gasteiger partial charge in [-0.3, -0.25) is 4.79 Å². The van der Waals surface area contributed by atoms with Gasteiger partial charge in [0.15, 0.2) is 0 Å². The van der Waals surface area contributed by atoms with E-state index in [9.17, 15) is 9.90 Å². The number of carbonyl (C=O) groups excluding carboxylic acids is 1. The lowest BCUT2D eigenvalue weighted by atomic mass is 10.1. The first-order chi connectivity index (χ1) is 9.04. The molecule has 0 fully saturated rings. The summed E-state index contributed by atoms with van der Waals surface area (Å²) in [5.74, 6) is 0.451. The van der Waals surface area contributed by atoms with Gasteiger partial charge in [-0.05, 0) is 31.5 Å². The van der Waals surface area contributed by atoms with Gasteiger partial charge in [-0.15, -0.1) is 0 Å². The number of nitrogens with one attached hydrogen (secondary N) is 1. The van der Waals surface area contributed by atoms with Crippen molar-refractivity contribution in [1.82, 2.24) is 5.32 Å². The average Bonchev–Trinajstić information content (AvgIpc) is 2.42. The van der Waals surface area contributed by atoms with Crippen LogP contribution in [0.4, 0.5) is 0 Å². The Morgan fingerprint density at radius 2 is 2.26 bits per heavy atom. The molecule has 0 aliphatic carbocycles. The first kappa shape index (κ1) is 15.5. The molecule has 0 heterocycles. The topological polar surface area (TPSA) is 84.6 Å². The number of benzene rings is 1. The molecule has 1 amide bonds. The predicted octanol–water partition coefficient (Wildman–Crippen LogP) is 0.913. The standard InChI is InChI=1S/C14H22N2O3/c1-3-7-19-12-6-4-5-11(8-12)14(18)16-9-13(15)10(2)17/h4-6,8,10,13,17H,3,7,9,15H2,1-2H3,(H,16,18). The normalized spacial score (nSPS) is 13.7. The molecule has 106 valence electrons. The molecule has 2 atom stereocenters. The van der Waals surface area contributed by atoms with E-state index in [0.29, 0.717) is 17.9 Å². The van der Waals surface area contributed by atoms with Crippen molar-refractivity contribution in [2.75, 3.05) is 13.2 Å². The molecule has 0 aliphatic heterocycles. The zero-order chi connectivity index (χ0) is 14.3. The summed E-state index contributed by atoms with van der Waals surface area (Å²) in [4.78, 5) is 11.9. The maximum atomic E-state index is 11.9. The molecule has 1 aromatic rings. The Bertz CT molecular complexity index is 407. The molecule has 0 aliphatic rings. The van der Waals surface area contributed by atoms with Crippen molar-refractivity contribution in [2.45, 2.75) is 32.4 Å². The van der Waals surface area contributed by atoms with Crippen molar-refractivity contribution in [3.8, 4) is 5.75 Å². The SMILES string of the molecule is CCCOc1cccc(C(=O)NCC(N)C(C)O)c1. The summed E-state index contributed by atoms with van der Waals surface area (Å²) >= 11 is 0. The summed E-state index contributed by atoms with van der Waals surface area (Å²) in [5.41, 5.74) is 6.17. The van der Waals surface area contributed by atoms with Gasteiger partial charge in [-0.25, -0.2) is 0 Å². The number of amides is 1. The minimum Gasteiger partial charge on any atom is -0.494 e. The van der Waals surface area contributed by atoms with E-state index >= 15 is 0 Å². The van der Waals surface area contributed by atoms with Gasteiger partial charge in [0.05, 0.1) is 12.7 Å². The van der Waals surface area contributed by atoms with E-state index in [2.05, 4.69) is 5.32 Å². The molecule has 0 spiro atoms. The van der Waals surface area contributed by atoms with Crippen LogP contribution in [0.2, 0.25) is 0 Å². The van der Waals surface area contributed by atoms with E-state index in [1.54, 1.807) is 25.1 Å². The third-order valence-corrected chi connectivity index (χ3v) is 2.69. The summed E-state index contributed by atoms with van der Waals surface area (Å²) in [5, 5.41) is 11.9. The lowest BCUT2D eigenvalue weighted by molar-refractivity contribution is 0.0937. The molecule has 19 heavy (non-hydrogen) atoms. The highest BCUT2D eigenvalue weighted by atomic mass is 16.5. The maximum absolute atomic E-state index is 11.9. The first-order valence-corrected chi connectivity index (χ1v) is 6.49. The highest BCUT2D eigenvalue weighted by molar-refractivity contribution is 5.94. The summed E-state index contributed by atoms with van der Waals surface area (Å²) < 4.78 is 5.47. The van der Waals surface area contributed by atoms with Crippen molar-refractivity contribution < 1.29 is 14.6 Å². The number of aliphatic hydroxyl groups is 1. The zero-order valence-electron chi connectivity index (χ0n) is 11.4. The smallest absolute Gasteiger partial charge is 0.251 e. The molecule has 0 bridgehead atoms. The molecule has 0 saturated heterocycles. The molecule has 1 aromatic carbocycles. The fraction of sp³-hybridized carbons (Fsp3) is 0.500. The quantitative estimate of drug-likeness (QED) is 0.685. The monoisotopic (exact) mass is 266 g/mol. The van der Waals surface area contributed by atoms with Gasteiger partial charge in [-0.1, -0.05) is 13.0 Å². The van der Waals surface area contributed by atoms with Gasteiger partial charge in [-0.2, -0.15) is 0 Å². The third-order valence-electron chi connectivity index (χ3n) is 2.69. The molecule has 5 nitrogen and oxygen atoms in total. The van der Waals surface area contributed by atoms with Gasteiger partial charge in [0, 0.05) is 18.2 Å². The van der Waals surface area contributed by atoms with Crippen LogP contribution in [-0.4, -0.2) is 36.3 Å². The van der Waals surface area contributed by atoms with Crippen molar-refractivity contribution in [2.24, 2.45) is 5.73 Å². The number of rotatable bonds is 7. The minimum absolute atomic E-state index is 0.224. The first-order valence-electron chi connectivity index (χ1n) is 6.49. The predicted molar refractivity (Wildman–Crippen MR) is 74.2 cm³/mol. The van der Waals surface area contributed by atoms with E-state index in [0.717, 1.165) is 6.42 Å². The van der Waals surface area contributed by atoms with Crippen LogP contribution in [0.5, 0.6) is 5.75 Å². The van der Waals surface area contributed by atoms with Crippen LogP contribution in [0.15, 0.2) is 24.3 Å². The van der Waals surface area contributed by atoms with Gasteiger partial charge < -0.3 is 20.9 Å². The molecule has 5 heteroatoms. The molecular weight excluding hydrogens is 244 g/mol. The van der Waals surface area contributed by atoms with Crippen LogP contribution in [0.25, 0.3) is 0 Å². The van der Waals surface area contributed by atoms with Crippen molar-refractivity contribution in [3.63, 3.8) is 0 Å². The fourth-order valence-corrected chi connectivity index (χ4v) is 1.43. The molecule has 0 aromatic heterocycles. The van der Waals surface area contributed by atoms with Gasteiger partial charge >= 0.3 is 0 Å². The van der Waals surface area contributed by atoms with Gasteiger partial charge in [0.1, 0.15) is 5.75 Å². The van der Waals surface area contributed by atoms with Crippen LogP contribution in [0.1, 0.15) is 30.6 Å². The van der Waals surface area contributed by atoms with Crippen LogP contribution in [0.3, 0.4) is 0 Å². The number of hydrogen-bond acceptors (Lipinski definition) is 4. The molecular formula is C14H22N2O3. The Hall–Kier alpha value is -1.59. The molecule has 1 rings (SSSR count). The largest absolute Gasteiger partial charge is 0.494 e. The minimum atomic E-state index is -0.653. The number of nitrogens with two attached hydrogens (primary N) is 1. The number of carbonyl (C=O) groups is 1. The molecule has 4 N–H and O–H groups in total. The van der Waals surface area contributed by atoms with Gasteiger partial charge in [0.25, 0.3) is 5.91 Å². The lowest BCUT2D eigenvalue weighted by Gasteiger charge is -2.15. The Labute approximate surface area is 113 Å². The maximum Gasteiger partial charge on any atom is 0.251 e. The second-order valence-corrected chi connectivity index (χ2v) is 4.49. The van der Waals surface area contributed by atoms with E-state index in [1.165, 1.54) is 0 Å². The van der Waals surface area contributed by atoms with E-state index < -0.39 is 12.1 Å². The summed E-state index contributed by atoms with van der Waals surface area (Å²) in [6, 6.07) is 6.52. The Balaban J connectivity index is 2.56. The zero-order valence-corrected chi connectivity index (χ0v) is 11.4. The van der Waals surface area contributed by atoms with Gasteiger partial charge in [0.2, 0.25) is 0 Å². The molecule has 2 unspecified atom stereocenters. The summed E-state index contributed by atoms with van der Waals surface area (Å²) in [6.45, 7) is 4.47. The van der Waals surface area contributed by atoms with Crippen molar-refractivity contribution in [1.29, 1.82) is 0 Å². The molecule has 0 radical (unpaired) electrons. The Morgan fingerprint density at radius 3 is 2.89 bits per heavy atom. The fourth-order valence-electron chi connectivity index (χ4n) is 1.43. The van der Waals surface area contributed by atoms with Crippen molar-refractivity contribution >= 4 is 5.91 Å². The number of hydrogen-bond donors (Lipinski definition) is 3. The highest BCUT2D eigenvalue weighted by Gasteiger charge is 2.12. The number of ether oxygens (including phenoxy) is 1. The molecule has 0 saturated carbocycles. The van der Waals surface area contributed by atoms with Crippen LogP contribution < -0.4 is 15.8 Å². The highest BCUT2D eigenvalue weighted by Crippen LogP contribution is 2.13. The van der Waals surface area contributed by atoms with Crippen LogP contribution in [-0.2, 0) is 0 Å². The Kier molecular flexibility index (Phi) is 6.32. The van der Waals surface area contributed by atoms with E-state index in [4.69, 9.17) is 10.5 Å².